The summed E-state index contributed by atoms with van der Waals surface area (Å²) in [5.41, 5.74) is 2.87. The molecule has 0 aliphatic heterocycles. The standard InChI is InChI=1S/C19H19F2NO3/c1-11-4-3-5-12(2)16(11)10-17(19(24)25)22-18(23)8-13-6-14(20)9-15(21)7-13/h3-7,9,17H,8,10H2,1-2H3,(H,22,23)(H,24,25)/t17-/m0/s1. The van der Waals surface area contributed by atoms with Crippen LogP contribution in [-0.2, 0) is 22.4 Å². The van der Waals surface area contributed by atoms with Crippen molar-refractivity contribution >= 4 is 11.9 Å². The summed E-state index contributed by atoms with van der Waals surface area (Å²) < 4.78 is 26.4. The van der Waals surface area contributed by atoms with Crippen LogP contribution in [0.3, 0.4) is 0 Å². The number of benzene rings is 2. The molecule has 0 bridgehead atoms. The fourth-order valence-corrected chi connectivity index (χ4v) is 2.72. The lowest BCUT2D eigenvalue weighted by Gasteiger charge is -2.17. The van der Waals surface area contributed by atoms with Crippen molar-refractivity contribution in [3.63, 3.8) is 0 Å². The Morgan fingerprint density at radius 1 is 1.08 bits per heavy atom. The van der Waals surface area contributed by atoms with E-state index >= 15 is 0 Å². The summed E-state index contributed by atoms with van der Waals surface area (Å²) in [4.78, 5) is 23.6. The number of aryl methyl sites for hydroxylation is 2. The molecule has 4 nitrogen and oxygen atoms in total. The average Bonchev–Trinajstić information content (AvgIpc) is 2.48. The fraction of sp³-hybridized carbons (Fsp3) is 0.263. The van der Waals surface area contributed by atoms with Gasteiger partial charge in [0, 0.05) is 12.5 Å². The molecule has 25 heavy (non-hydrogen) atoms. The van der Waals surface area contributed by atoms with Gasteiger partial charge in [0.15, 0.2) is 0 Å². The van der Waals surface area contributed by atoms with Crippen molar-refractivity contribution in [2.24, 2.45) is 0 Å². The number of hydrogen-bond acceptors (Lipinski definition) is 2. The summed E-state index contributed by atoms with van der Waals surface area (Å²) >= 11 is 0. The highest BCUT2D eigenvalue weighted by atomic mass is 19.1. The minimum atomic E-state index is -1.17. The van der Waals surface area contributed by atoms with Crippen molar-refractivity contribution in [3.05, 3.63) is 70.3 Å². The molecule has 0 aliphatic rings. The largest absolute Gasteiger partial charge is 0.480 e. The maximum atomic E-state index is 13.2. The number of rotatable bonds is 6. The number of carboxylic acid groups (broad SMARTS) is 1. The van der Waals surface area contributed by atoms with Crippen LogP contribution in [0.1, 0.15) is 22.3 Å². The molecule has 0 saturated heterocycles. The second kappa shape index (κ2) is 7.88. The third kappa shape index (κ3) is 5.11. The topological polar surface area (TPSA) is 66.4 Å². The third-order valence-corrected chi connectivity index (χ3v) is 3.97. The van der Waals surface area contributed by atoms with E-state index in [4.69, 9.17) is 0 Å². The van der Waals surface area contributed by atoms with Gasteiger partial charge in [-0.25, -0.2) is 13.6 Å². The zero-order chi connectivity index (χ0) is 18.6. The number of aliphatic carboxylic acids is 1. The van der Waals surface area contributed by atoms with Crippen molar-refractivity contribution in [2.75, 3.05) is 0 Å². The van der Waals surface area contributed by atoms with Gasteiger partial charge in [-0.05, 0) is 48.2 Å². The number of nitrogens with one attached hydrogen (secondary N) is 1. The van der Waals surface area contributed by atoms with Gasteiger partial charge in [0.2, 0.25) is 5.91 Å². The summed E-state index contributed by atoms with van der Waals surface area (Å²) in [5, 5.41) is 11.8. The number of halogens is 2. The van der Waals surface area contributed by atoms with Gasteiger partial charge in [-0.15, -0.1) is 0 Å². The molecule has 0 unspecified atom stereocenters. The summed E-state index contributed by atoms with van der Waals surface area (Å²) in [6.45, 7) is 3.75. The van der Waals surface area contributed by atoms with E-state index in [1.165, 1.54) is 0 Å². The van der Waals surface area contributed by atoms with Gasteiger partial charge < -0.3 is 10.4 Å². The van der Waals surface area contributed by atoms with Crippen LogP contribution in [0, 0.1) is 25.5 Å². The summed E-state index contributed by atoms with van der Waals surface area (Å²) in [5.74, 6) is -3.34. The SMILES string of the molecule is Cc1cccc(C)c1C[C@H](NC(=O)Cc1cc(F)cc(F)c1)C(=O)O. The Kier molecular flexibility index (Phi) is 5.85. The Bertz CT molecular complexity index is 765. The zero-order valence-corrected chi connectivity index (χ0v) is 14.0. The quantitative estimate of drug-likeness (QED) is 0.844. The van der Waals surface area contributed by atoms with Gasteiger partial charge >= 0.3 is 5.97 Å². The van der Waals surface area contributed by atoms with Crippen LogP contribution in [0.4, 0.5) is 8.78 Å². The van der Waals surface area contributed by atoms with Crippen LogP contribution in [0.15, 0.2) is 36.4 Å². The zero-order valence-electron chi connectivity index (χ0n) is 14.0. The normalized spacial score (nSPS) is 11.8. The van der Waals surface area contributed by atoms with Gasteiger partial charge in [-0.2, -0.15) is 0 Å². The van der Waals surface area contributed by atoms with E-state index in [-0.39, 0.29) is 18.4 Å². The second-order valence-corrected chi connectivity index (χ2v) is 5.99. The van der Waals surface area contributed by atoms with E-state index in [1.54, 1.807) is 0 Å². The number of carbonyl (C=O) groups excluding carboxylic acids is 1. The van der Waals surface area contributed by atoms with E-state index in [1.807, 2.05) is 32.0 Å². The molecular weight excluding hydrogens is 328 g/mol. The van der Waals surface area contributed by atoms with Crippen LogP contribution in [0.2, 0.25) is 0 Å². The molecule has 2 rings (SSSR count). The van der Waals surface area contributed by atoms with E-state index < -0.39 is 29.6 Å². The third-order valence-electron chi connectivity index (χ3n) is 3.97. The highest BCUT2D eigenvalue weighted by molar-refractivity contribution is 5.85. The van der Waals surface area contributed by atoms with E-state index in [9.17, 15) is 23.5 Å². The highest BCUT2D eigenvalue weighted by Crippen LogP contribution is 2.16. The predicted molar refractivity (Wildman–Crippen MR) is 89.2 cm³/mol. The molecule has 0 heterocycles. The van der Waals surface area contributed by atoms with E-state index in [2.05, 4.69) is 5.32 Å². The molecule has 1 atom stereocenters. The number of carbonyl (C=O) groups is 2. The minimum absolute atomic E-state index is 0.136. The summed E-state index contributed by atoms with van der Waals surface area (Å²) in [6, 6.07) is 7.31. The van der Waals surface area contributed by atoms with Gasteiger partial charge in [0.25, 0.3) is 0 Å². The predicted octanol–water partition coefficient (Wildman–Crippen LogP) is 2.94. The minimum Gasteiger partial charge on any atom is -0.480 e. The first kappa shape index (κ1) is 18.6. The Morgan fingerprint density at radius 3 is 2.16 bits per heavy atom. The van der Waals surface area contributed by atoms with Crippen molar-refractivity contribution in [3.8, 4) is 0 Å². The van der Waals surface area contributed by atoms with Crippen LogP contribution < -0.4 is 5.32 Å². The molecule has 0 spiro atoms. The van der Waals surface area contributed by atoms with Crippen molar-refractivity contribution in [2.45, 2.75) is 32.7 Å². The average molecular weight is 347 g/mol. The molecule has 1 amide bonds. The van der Waals surface area contributed by atoms with E-state index in [0.717, 1.165) is 28.8 Å². The lowest BCUT2D eigenvalue weighted by atomic mass is 9.96. The molecule has 0 fully saturated rings. The monoisotopic (exact) mass is 347 g/mol. The molecule has 0 aliphatic carbocycles. The van der Waals surface area contributed by atoms with Crippen molar-refractivity contribution in [1.82, 2.24) is 5.32 Å². The molecular formula is C19H19F2NO3. The lowest BCUT2D eigenvalue weighted by molar-refractivity contribution is -0.141. The number of amides is 1. The van der Waals surface area contributed by atoms with Crippen molar-refractivity contribution < 1.29 is 23.5 Å². The lowest BCUT2D eigenvalue weighted by Crippen LogP contribution is -2.43. The van der Waals surface area contributed by atoms with E-state index in [0.29, 0.717) is 6.07 Å². The van der Waals surface area contributed by atoms with Gasteiger partial charge in [0.1, 0.15) is 17.7 Å². The van der Waals surface area contributed by atoms with Gasteiger partial charge in [0.05, 0.1) is 6.42 Å². The molecule has 6 heteroatoms. The molecule has 0 radical (unpaired) electrons. The molecule has 0 saturated carbocycles. The maximum Gasteiger partial charge on any atom is 0.326 e. The summed E-state index contributed by atoms with van der Waals surface area (Å²) in [6.07, 6.45) is -0.164. The maximum absolute atomic E-state index is 13.2. The number of carboxylic acids is 1. The van der Waals surface area contributed by atoms with Crippen LogP contribution in [0.5, 0.6) is 0 Å². The Labute approximate surface area is 144 Å². The van der Waals surface area contributed by atoms with Gasteiger partial charge in [-0.3, -0.25) is 4.79 Å². The van der Waals surface area contributed by atoms with Crippen LogP contribution in [0.25, 0.3) is 0 Å². The molecule has 2 aromatic rings. The highest BCUT2D eigenvalue weighted by Gasteiger charge is 2.22. The fourth-order valence-electron chi connectivity index (χ4n) is 2.72. The Morgan fingerprint density at radius 2 is 1.64 bits per heavy atom. The first-order chi connectivity index (χ1) is 11.8. The smallest absolute Gasteiger partial charge is 0.326 e. The van der Waals surface area contributed by atoms with Crippen LogP contribution in [-0.4, -0.2) is 23.0 Å². The Hall–Kier alpha value is -2.76. The molecule has 132 valence electrons. The van der Waals surface area contributed by atoms with Gasteiger partial charge in [-0.1, -0.05) is 18.2 Å². The first-order valence-electron chi connectivity index (χ1n) is 7.78. The Balaban J connectivity index is 2.11. The molecule has 0 aromatic heterocycles. The molecule has 2 aromatic carbocycles. The number of hydrogen-bond donors (Lipinski definition) is 2. The second-order valence-electron chi connectivity index (χ2n) is 5.99. The van der Waals surface area contributed by atoms with Crippen molar-refractivity contribution in [1.29, 1.82) is 0 Å². The summed E-state index contributed by atoms with van der Waals surface area (Å²) in [7, 11) is 0. The first-order valence-corrected chi connectivity index (χ1v) is 7.78. The molecule has 2 N–H and O–H groups in total. The van der Waals surface area contributed by atoms with Crippen LogP contribution >= 0.6 is 0 Å².